The molecule has 2 aliphatic rings. The minimum atomic E-state index is -3.01. The Bertz CT molecular complexity index is 661. The summed E-state index contributed by atoms with van der Waals surface area (Å²) in [5.74, 6) is -1.01. The van der Waals surface area contributed by atoms with Gasteiger partial charge in [-0.3, -0.25) is 4.99 Å². The number of anilines is 1. The highest BCUT2D eigenvalue weighted by molar-refractivity contribution is 8.15. The Kier molecular flexibility index (Phi) is 3.01. The lowest BCUT2D eigenvalue weighted by atomic mass is 10.3. The summed E-state index contributed by atoms with van der Waals surface area (Å²) in [7, 11) is -3.01. The number of aliphatic imine (C=N–C) groups is 1. The molecule has 2 aliphatic heterocycles. The van der Waals surface area contributed by atoms with Gasteiger partial charge in [-0.15, -0.1) is 0 Å². The van der Waals surface area contributed by atoms with Gasteiger partial charge in [0.1, 0.15) is 11.6 Å². The lowest BCUT2D eigenvalue weighted by Gasteiger charge is -2.07. The number of nitrogens with zero attached hydrogens (tertiary/aromatic N) is 1. The first-order valence-electron chi connectivity index (χ1n) is 5.60. The van der Waals surface area contributed by atoms with Gasteiger partial charge in [-0.25, -0.2) is 17.2 Å². The van der Waals surface area contributed by atoms with Crippen LogP contribution in [0.15, 0.2) is 23.2 Å². The predicted octanol–water partition coefficient (Wildman–Crippen LogP) is 1.65. The summed E-state index contributed by atoms with van der Waals surface area (Å²) in [4.78, 5) is 4.21. The Morgan fingerprint density at radius 3 is 2.84 bits per heavy atom. The molecule has 8 heteroatoms. The first-order chi connectivity index (χ1) is 8.93. The van der Waals surface area contributed by atoms with E-state index in [1.807, 2.05) is 0 Å². The number of halogens is 2. The standard InChI is InChI=1S/C11H10F2N2O2S2/c12-6-1-2-7(13)8(3-6)14-11-15-9-4-19(16,17)5-10(9)18-11/h1-3,9-10H,4-5H2,(H,14,15)/t9-,10-/m0/s1. The van der Waals surface area contributed by atoms with Crippen LogP contribution < -0.4 is 5.32 Å². The molecule has 0 saturated carbocycles. The molecule has 3 rings (SSSR count). The summed E-state index contributed by atoms with van der Waals surface area (Å²) in [6.45, 7) is 0. The monoisotopic (exact) mass is 304 g/mol. The van der Waals surface area contributed by atoms with Gasteiger partial charge in [0.15, 0.2) is 15.0 Å². The van der Waals surface area contributed by atoms with Crippen LogP contribution in [0.3, 0.4) is 0 Å². The smallest absolute Gasteiger partial charge is 0.161 e. The van der Waals surface area contributed by atoms with Crippen LogP contribution in [0.25, 0.3) is 0 Å². The molecule has 0 amide bonds. The fraction of sp³-hybridized carbons (Fsp3) is 0.364. The van der Waals surface area contributed by atoms with Crippen molar-refractivity contribution in [2.24, 2.45) is 4.99 Å². The third-order valence-electron chi connectivity index (χ3n) is 2.99. The van der Waals surface area contributed by atoms with E-state index in [4.69, 9.17) is 0 Å². The Balaban J connectivity index is 1.78. The van der Waals surface area contributed by atoms with Gasteiger partial charge < -0.3 is 5.32 Å². The van der Waals surface area contributed by atoms with Crippen LogP contribution in [0.1, 0.15) is 0 Å². The van der Waals surface area contributed by atoms with Crippen molar-refractivity contribution in [2.75, 3.05) is 16.8 Å². The van der Waals surface area contributed by atoms with Gasteiger partial charge in [-0.05, 0) is 12.1 Å². The van der Waals surface area contributed by atoms with Gasteiger partial charge in [-0.2, -0.15) is 0 Å². The molecule has 0 aromatic heterocycles. The summed E-state index contributed by atoms with van der Waals surface area (Å²) in [6, 6.07) is 2.83. The maximum Gasteiger partial charge on any atom is 0.161 e. The van der Waals surface area contributed by atoms with E-state index in [0.29, 0.717) is 5.17 Å². The molecule has 0 spiro atoms. The molecular weight excluding hydrogens is 294 g/mol. The van der Waals surface area contributed by atoms with Crippen molar-refractivity contribution < 1.29 is 17.2 Å². The summed E-state index contributed by atoms with van der Waals surface area (Å²) >= 11 is 1.26. The summed E-state index contributed by atoms with van der Waals surface area (Å²) < 4.78 is 49.3. The van der Waals surface area contributed by atoms with Crippen molar-refractivity contribution in [1.82, 2.24) is 0 Å². The van der Waals surface area contributed by atoms with E-state index < -0.39 is 21.5 Å². The molecule has 1 fully saturated rings. The number of nitrogens with one attached hydrogen (secondary N) is 1. The summed E-state index contributed by atoms with van der Waals surface area (Å²) in [5, 5.41) is 3.03. The zero-order valence-electron chi connectivity index (χ0n) is 9.64. The quantitative estimate of drug-likeness (QED) is 0.857. The molecule has 0 unspecified atom stereocenters. The highest BCUT2D eigenvalue weighted by Gasteiger charge is 2.42. The number of hydrogen-bond donors (Lipinski definition) is 1. The van der Waals surface area contributed by atoms with Crippen molar-refractivity contribution in [3.05, 3.63) is 29.8 Å². The van der Waals surface area contributed by atoms with E-state index in [9.17, 15) is 17.2 Å². The molecule has 102 valence electrons. The molecule has 4 nitrogen and oxygen atoms in total. The van der Waals surface area contributed by atoms with Gasteiger partial charge in [0.05, 0.1) is 23.2 Å². The van der Waals surface area contributed by atoms with Crippen LogP contribution >= 0.6 is 11.8 Å². The lowest BCUT2D eigenvalue weighted by molar-refractivity contribution is 0.601. The Morgan fingerprint density at radius 2 is 2.11 bits per heavy atom. The van der Waals surface area contributed by atoms with Crippen LogP contribution in [0.2, 0.25) is 0 Å². The average Bonchev–Trinajstić information content (AvgIpc) is 2.76. The van der Waals surface area contributed by atoms with Crippen molar-refractivity contribution in [3.8, 4) is 0 Å². The molecule has 1 saturated heterocycles. The molecule has 0 aliphatic carbocycles. The summed E-state index contributed by atoms with van der Waals surface area (Å²) in [5.41, 5.74) is 0.00841. The van der Waals surface area contributed by atoms with Crippen LogP contribution in [0, 0.1) is 11.6 Å². The van der Waals surface area contributed by atoms with Crippen LogP contribution in [0.4, 0.5) is 14.5 Å². The first kappa shape index (κ1) is 12.9. The number of hydrogen-bond acceptors (Lipinski definition) is 5. The fourth-order valence-electron chi connectivity index (χ4n) is 2.12. The maximum absolute atomic E-state index is 13.4. The summed E-state index contributed by atoms with van der Waals surface area (Å²) in [6.07, 6.45) is 0. The van der Waals surface area contributed by atoms with Crippen molar-refractivity contribution in [3.63, 3.8) is 0 Å². The minimum Gasteiger partial charge on any atom is -0.332 e. The van der Waals surface area contributed by atoms with Gasteiger partial charge >= 0.3 is 0 Å². The highest BCUT2D eigenvalue weighted by Crippen LogP contribution is 2.34. The van der Waals surface area contributed by atoms with E-state index in [2.05, 4.69) is 10.3 Å². The third kappa shape index (κ3) is 2.59. The number of fused-ring (bicyclic) bond motifs is 1. The second-order valence-corrected chi connectivity index (χ2v) is 7.87. The van der Waals surface area contributed by atoms with Crippen molar-refractivity contribution in [1.29, 1.82) is 0 Å². The van der Waals surface area contributed by atoms with Gasteiger partial charge in [0.2, 0.25) is 0 Å². The van der Waals surface area contributed by atoms with Crippen LogP contribution in [0.5, 0.6) is 0 Å². The molecule has 2 heterocycles. The number of amidine groups is 1. The fourth-order valence-corrected chi connectivity index (χ4v) is 5.79. The van der Waals surface area contributed by atoms with Crippen molar-refractivity contribution in [2.45, 2.75) is 11.3 Å². The third-order valence-corrected chi connectivity index (χ3v) is 6.13. The van der Waals surface area contributed by atoms with Crippen LogP contribution in [-0.2, 0) is 9.84 Å². The first-order valence-corrected chi connectivity index (χ1v) is 8.30. The second-order valence-electron chi connectivity index (χ2n) is 4.48. The molecule has 1 N–H and O–H groups in total. The number of benzene rings is 1. The Hall–Kier alpha value is -1.15. The average molecular weight is 304 g/mol. The van der Waals surface area contributed by atoms with E-state index in [1.165, 1.54) is 11.8 Å². The Labute approximate surface area is 113 Å². The maximum atomic E-state index is 13.4. The van der Waals surface area contributed by atoms with Gasteiger partial charge in [0.25, 0.3) is 0 Å². The minimum absolute atomic E-state index is 0.00841. The topological polar surface area (TPSA) is 58.5 Å². The molecule has 0 radical (unpaired) electrons. The molecular formula is C11H10F2N2O2S2. The van der Waals surface area contributed by atoms with Gasteiger partial charge in [-0.1, -0.05) is 11.8 Å². The lowest BCUT2D eigenvalue weighted by Crippen LogP contribution is -2.13. The van der Waals surface area contributed by atoms with Crippen LogP contribution in [-0.4, -0.2) is 36.4 Å². The molecule has 0 bridgehead atoms. The zero-order valence-corrected chi connectivity index (χ0v) is 11.3. The normalized spacial score (nSPS) is 28.0. The van der Waals surface area contributed by atoms with E-state index >= 15 is 0 Å². The predicted molar refractivity (Wildman–Crippen MR) is 71.2 cm³/mol. The van der Waals surface area contributed by atoms with E-state index in [1.54, 1.807) is 0 Å². The largest absolute Gasteiger partial charge is 0.332 e. The van der Waals surface area contributed by atoms with Gasteiger partial charge in [0, 0.05) is 11.3 Å². The molecule has 2 atom stereocenters. The van der Waals surface area contributed by atoms with E-state index in [-0.39, 0.29) is 28.5 Å². The SMILES string of the molecule is O=S1(=O)C[C@@H]2N=C(Nc3cc(F)ccc3F)S[C@H]2C1. The zero-order chi connectivity index (χ0) is 13.6. The molecule has 1 aromatic carbocycles. The van der Waals surface area contributed by atoms with E-state index in [0.717, 1.165) is 18.2 Å². The van der Waals surface area contributed by atoms with Crippen molar-refractivity contribution >= 4 is 32.5 Å². The number of rotatable bonds is 1. The molecule has 1 aromatic rings. The number of thioether (sulfide) groups is 1. The number of sulfone groups is 1. The Morgan fingerprint density at radius 1 is 1.32 bits per heavy atom. The molecule has 19 heavy (non-hydrogen) atoms. The second kappa shape index (κ2) is 4.45. The highest BCUT2D eigenvalue weighted by atomic mass is 32.2.